The quantitative estimate of drug-likeness (QED) is 0.611. The molecule has 0 spiro atoms. The average Bonchev–Trinajstić information content (AvgIpc) is 2.42. The Hall–Kier alpha value is -2.15. The average molecular weight is 267 g/mol. The highest BCUT2D eigenvalue weighted by Crippen LogP contribution is 2.27. The fourth-order valence-corrected chi connectivity index (χ4v) is 1.57. The van der Waals surface area contributed by atoms with Crippen LogP contribution in [0.4, 0.5) is 5.69 Å². The largest absolute Gasteiger partial charge is 0.490 e. The second-order valence-electron chi connectivity index (χ2n) is 3.97. The molecule has 0 saturated carbocycles. The SMILES string of the molecule is CNCCN(C)C(=O)c1ccc(OC)c([N+](=O)[O-])c1. The van der Waals surface area contributed by atoms with E-state index < -0.39 is 4.92 Å². The lowest BCUT2D eigenvalue weighted by Gasteiger charge is -2.17. The lowest BCUT2D eigenvalue weighted by Crippen LogP contribution is -2.32. The Morgan fingerprint density at radius 2 is 2.21 bits per heavy atom. The number of ether oxygens (including phenoxy) is 1. The zero-order chi connectivity index (χ0) is 14.4. The number of methoxy groups -OCH3 is 1. The van der Waals surface area contributed by atoms with E-state index in [4.69, 9.17) is 4.74 Å². The fourth-order valence-electron chi connectivity index (χ4n) is 1.57. The predicted octanol–water partition coefficient (Wildman–Crippen LogP) is 0.895. The van der Waals surface area contributed by atoms with Gasteiger partial charge >= 0.3 is 5.69 Å². The van der Waals surface area contributed by atoms with Gasteiger partial charge in [0.1, 0.15) is 0 Å². The number of nitro groups is 1. The highest BCUT2D eigenvalue weighted by atomic mass is 16.6. The lowest BCUT2D eigenvalue weighted by atomic mass is 10.1. The van der Waals surface area contributed by atoms with Gasteiger partial charge in [-0.2, -0.15) is 0 Å². The first-order chi connectivity index (χ1) is 9.01. The molecule has 0 aliphatic carbocycles. The summed E-state index contributed by atoms with van der Waals surface area (Å²) >= 11 is 0. The van der Waals surface area contributed by atoms with Crippen molar-refractivity contribution in [3.63, 3.8) is 0 Å². The minimum Gasteiger partial charge on any atom is -0.490 e. The van der Waals surface area contributed by atoms with E-state index in [1.807, 2.05) is 0 Å². The molecule has 0 heterocycles. The second kappa shape index (κ2) is 6.69. The van der Waals surface area contributed by atoms with Crippen LogP contribution in [-0.4, -0.2) is 50.0 Å². The monoisotopic (exact) mass is 267 g/mol. The van der Waals surface area contributed by atoms with Crippen LogP contribution < -0.4 is 10.1 Å². The number of nitrogens with one attached hydrogen (secondary N) is 1. The van der Waals surface area contributed by atoms with Crippen LogP contribution in [0.15, 0.2) is 18.2 Å². The molecule has 0 atom stereocenters. The van der Waals surface area contributed by atoms with Gasteiger partial charge in [0.2, 0.25) is 0 Å². The van der Waals surface area contributed by atoms with Gasteiger partial charge in [-0.3, -0.25) is 14.9 Å². The first-order valence-electron chi connectivity index (χ1n) is 5.73. The van der Waals surface area contributed by atoms with E-state index in [1.54, 1.807) is 14.1 Å². The van der Waals surface area contributed by atoms with E-state index in [1.165, 1.54) is 30.2 Å². The van der Waals surface area contributed by atoms with Crippen molar-refractivity contribution >= 4 is 11.6 Å². The van der Waals surface area contributed by atoms with Crippen molar-refractivity contribution in [1.82, 2.24) is 10.2 Å². The first-order valence-corrected chi connectivity index (χ1v) is 5.73. The third kappa shape index (κ3) is 3.65. The van der Waals surface area contributed by atoms with Gasteiger partial charge in [-0.15, -0.1) is 0 Å². The van der Waals surface area contributed by atoms with Crippen LogP contribution in [0.5, 0.6) is 5.75 Å². The number of carbonyl (C=O) groups excluding carboxylic acids is 1. The summed E-state index contributed by atoms with van der Waals surface area (Å²) in [6.45, 7) is 1.18. The van der Waals surface area contributed by atoms with Gasteiger partial charge in [-0.25, -0.2) is 0 Å². The molecule has 104 valence electrons. The van der Waals surface area contributed by atoms with Crippen molar-refractivity contribution in [2.24, 2.45) is 0 Å². The molecule has 0 fully saturated rings. The number of hydrogen-bond acceptors (Lipinski definition) is 5. The molecule has 7 heteroatoms. The molecular weight excluding hydrogens is 250 g/mol. The molecule has 0 saturated heterocycles. The topological polar surface area (TPSA) is 84.7 Å². The molecule has 19 heavy (non-hydrogen) atoms. The summed E-state index contributed by atoms with van der Waals surface area (Å²) in [4.78, 5) is 23.9. The highest BCUT2D eigenvalue weighted by molar-refractivity contribution is 5.95. The van der Waals surface area contributed by atoms with Crippen LogP contribution in [0.1, 0.15) is 10.4 Å². The third-order valence-corrected chi connectivity index (χ3v) is 2.67. The lowest BCUT2D eigenvalue weighted by molar-refractivity contribution is -0.385. The maximum absolute atomic E-state index is 12.1. The van der Waals surface area contributed by atoms with E-state index in [-0.39, 0.29) is 22.9 Å². The molecule has 0 unspecified atom stereocenters. The van der Waals surface area contributed by atoms with Gasteiger partial charge in [0.25, 0.3) is 5.91 Å². The van der Waals surface area contributed by atoms with Crippen LogP contribution in [0, 0.1) is 10.1 Å². The summed E-state index contributed by atoms with van der Waals surface area (Å²) in [5, 5.41) is 13.8. The second-order valence-corrected chi connectivity index (χ2v) is 3.97. The van der Waals surface area contributed by atoms with E-state index in [9.17, 15) is 14.9 Å². The van der Waals surface area contributed by atoms with Crippen LogP contribution in [0.3, 0.4) is 0 Å². The van der Waals surface area contributed by atoms with Gasteiger partial charge in [0.15, 0.2) is 5.75 Å². The normalized spacial score (nSPS) is 10.1. The Bertz CT molecular complexity index is 476. The number of hydrogen-bond donors (Lipinski definition) is 1. The molecule has 0 aliphatic rings. The minimum atomic E-state index is -0.566. The molecule has 1 N–H and O–H groups in total. The maximum atomic E-state index is 12.1. The number of likely N-dealkylation sites (N-methyl/N-ethyl adjacent to an activating group) is 2. The smallest absolute Gasteiger partial charge is 0.311 e. The predicted molar refractivity (Wildman–Crippen MR) is 70.5 cm³/mol. The third-order valence-electron chi connectivity index (χ3n) is 2.67. The molecule has 7 nitrogen and oxygen atoms in total. The van der Waals surface area contributed by atoms with Crippen molar-refractivity contribution in [1.29, 1.82) is 0 Å². The summed E-state index contributed by atoms with van der Waals surface area (Å²) in [6.07, 6.45) is 0. The fraction of sp³-hybridized carbons (Fsp3) is 0.417. The zero-order valence-electron chi connectivity index (χ0n) is 11.2. The van der Waals surface area contributed by atoms with Crippen LogP contribution >= 0.6 is 0 Å². The number of nitro benzene ring substituents is 1. The Kier molecular flexibility index (Phi) is 5.25. The summed E-state index contributed by atoms with van der Waals surface area (Å²) in [5.41, 5.74) is 0.0569. The van der Waals surface area contributed by atoms with E-state index in [2.05, 4.69) is 5.32 Å². The van der Waals surface area contributed by atoms with Crippen molar-refractivity contribution < 1.29 is 14.5 Å². The Labute approximate surface area is 111 Å². The Morgan fingerprint density at radius 3 is 2.74 bits per heavy atom. The number of rotatable bonds is 6. The van der Waals surface area contributed by atoms with Gasteiger partial charge in [0.05, 0.1) is 12.0 Å². The van der Waals surface area contributed by atoms with Gasteiger partial charge in [0, 0.05) is 31.8 Å². The Balaban J connectivity index is 2.98. The van der Waals surface area contributed by atoms with E-state index >= 15 is 0 Å². The highest BCUT2D eigenvalue weighted by Gasteiger charge is 2.19. The Morgan fingerprint density at radius 1 is 1.53 bits per heavy atom. The van der Waals surface area contributed by atoms with E-state index in [0.717, 1.165) is 0 Å². The number of carbonyl (C=O) groups is 1. The molecule has 1 amide bonds. The molecule has 0 bridgehead atoms. The van der Waals surface area contributed by atoms with Crippen molar-refractivity contribution in [3.05, 3.63) is 33.9 Å². The number of amides is 1. The molecule has 0 radical (unpaired) electrons. The van der Waals surface area contributed by atoms with Crippen molar-refractivity contribution in [2.75, 3.05) is 34.3 Å². The molecule has 0 aliphatic heterocycles. The van der Waals surface area contributed by atoms with Crippen LogP contribution in [0.25, 0.3) is 0 Å². The van der Waals surface area contributed by atoms with Crippen LogP contribution in [-0.2, 0) is 0 Å². The maximum Gasteiger partial charge on any atom is 0.311 e. The summed E-state index contributed by atoms with van der Waals surface area (Å²) < 4.78 is 4.89. The first kappa shape index (κ1) is 14.9. The summed E-state index contributed by atoms with van der Waals surface area (Å²) in [5.74, 6) is -0.125. The van der Waals surface area contributed by atoms with Gasteiger partial charge in [-0.05, 0) is 19.2 Å². The summed E-state index contributed by atoms with van der Waals surface area (Å²) in [7, 11) is 4.79. The minimum absolute atomic E-state index is 0.138. The van der Waals surface area contributed by atoms with Gasteiger partial charge < -0.3 is 15.0 Å². The zero-order valence-corrected chi connectivity index (χ0v) is 11.2. The molecule has 0 aromatic heterocycles. The molecule has 1 rings (SSSR count). The molecule has 1 aromatic carbocycles. The summed E-state index contributed by atoms with van der Waals surface area (Å²) in [6, 6.07) is 4.18. The van der Waals surface area contributed by atoms with Crippen molar-refractivity contribution in [2.45, 2.75) is 0 Å². The van der Waals surface area contributed by atoms with Crippen molar-refractivity contribution in [3.8, 4) is 5.75 Å². The molecular formula is C12H17N3O4. The number of benzene rings is 1. The molecule has 1 aromatic rings. The van der Waals surface area contributed by atoms with Crippen LogP contribution in [0.2, 0.25) is 0 Å². The number of nitrogens with zero attached hydrogens (tertiary/aromatic N) is 2. The van der Waals surface area contributed by atoms with Gasteiger partial charge in [-0.1, -0.05) is 0 Å². The van der Waals surface area contributed by atoms with E-state index in [0.29, 0.717) is 13.1 Å². The standard InChI is InChI=1S/C12H17N3O4/c1-13-6-7-14(2)12(16)9-4-5-11(19-3)10(8-9)15(17)18/h4-5,8,13H,6-7H2,1-3H3.